The molecule has 0 radical (unpaired) electrons. The average molecular weight is 177 g/mol. The van der Waals surface area contributed by atoms with Crippen LogP contribution < -0.4 is 5.32 Å². The molecule has 1 aromatic rings. The molecule has 1 aromatic heterocycles. The van der Waals surface area contributed by atoms with Gasteiger partial charge >= 0.3 is 0 Å². The zero-order valence-electron chi connectivity index (χ0n) is 8.12. The van der Waals surface area contributed by atoms with Crippen molar-refractivity contribution in [2.75, 3.05) is 0 Å². The molecule has 0 bridgehead atoms. The van der Waals surface area contributed by atoms with Crippen LogP contribution in [0.4, 0.5) is 0 Å². The molecular weight excluding hydrogens is 162 g/mol. The van der Waals surface area contributed by atoms with Gasteiger partial charge in [0, 0.05) is 30.5 Å². The zero-order valence-corrected chi connectivity index (χ0v) is 8.12. The maximum Gasteiger partial charge on any atom is 0.115 e. The van der Waals surface area contributed by atoms with E-state index in [0.29, 0.717) is 11.5 Å². The first-order valence-corrected chi connectivity index (χ1v) is 4.66. The van der Waals surface area contributed by atoms with Crippen LogP contribution in [0.25, 0.3) is 0 Å². The molecule has 70 valence electrons. The van der Waals surface area contributed by atoms with Gasteiger partial charge in [-0.1, -0.05) is 13.8 Å². The molecule has 2 rings (SSSR count). The van der Waals surface area contributed by atoms with Crippen molar-refractivity contribution in [3.8, 4) is 0 Å². The molecule has 0 saturated heterocycles. The van der Waals surface area contributed by atoms with Crippen molar-refractivity contribution in [2.45, 2.75) is 32.9 Å². The summed E-state index contributed by atoms with van der Waals surface area (Å²) in [7, 11) is 0. The van der Waals surface area contributed by atoms with E-state index in [1.807, 2.05) is 12.4 Å². The summed E-state index contributed by atoms with van der Waals surface area (Å²) in [4.78, 5) is 7.94. The van der Waals surface area contributed by atoms with Crippen molar-refractivity contribution < 1.29 is 0 Å². The topological polar surface area (TPSA) is 37.8 Å². The molecule has 1 atom stereocenters. The van der Waals surface area contributed by atoms with Crippen LogP contribution in [-0.2, 0) is 6.54 Å². The lowest BCUT2D eigenvalue weighted by Gasteiger charge is -2.05. The van der Waals surface area contributed by atoms with Gasteiger partial charge < -0.3 is 5.32 Å². The first-order chi connectivity index (χ1) is 6.18. The summed E-state index contributed by atoms with van der Waals surface area (Å²) in [5, 5.41) is 3.48. The Labute approximate surface area is 78.6 Å². The molecule has 1 heterocycles. The van der Waals surface area contributed by atoms with Gasteiger partial charge in [-0.15, -0.1) is 0 Å². The van der Waals surface area contributed by atoms with Crippen LogP contribution in [0.1, 0.15) is 25.8 Å². The molecular formula is C10H15N3. The predicted octanol–water partition coefficient (Wildman–Crippen LogP) is 1.36. The fourth-order valence-corrected chi connectivity index (χ4v) is 1.48. The summed E-state index contributed by atoms with van der Waals surface area (Å²) in [6, 6.07) is 0.674. The second kappa shape index (κ2) is 3.07. The monoisotopic (exact) mass is 177 g/mol. The molecule has 1 aliphatic carbocycles. The summed E-state index contributed by atoms with van der Waals surface area (Å²) >= 11 is 0. The van der Waals surface area contributed by atoms with Gasteiger partial charge in [0.25, 0.3) is 0 Å². The Morgan fingerprint density at radius 3 is 2.62 bits per heavy atom. The normalized spacial score (nSPS) is 24.3. The van der Waals surface area contributed by atoms with E-state index in [1.165, 1.54) is 6.42 Å². The second-order valence-corrected chi connectivity index (χ2v) is 4.37. The minimum Gasteiger partial charge on any atom is -0.309 e. The number of rotatable bonds is 3. The number of hydrogen-bond acceptors (Lipinski definition) is 3. The van der Waals surface area contributed by atoms with Gasteiger partial charge in [0.1, 0.15) is 6.33 Å². The van der Waals surface area contributed by atoms with Gasteiger partial charge in [0.05, 0.1) is 0 Å². The molecule has 1 saturated carbocycles. The average Bonchev–Trinajstić information content (AvgIpc) is 2.73. The van der Waals surface area contributed by atoms with Gasteiger partial charge in [-0.3, -0.25) is 0 Å². The van der Waals surface area contributed by atoms with Crippen molar-refractivity contribution in [3.63, 3.8) is 0 Å². The maximum atomic E-state index is 3.97. The molecule has 1 unspecified atom stereocenters. The molecule has 0 amide bonds. The highest BCUT2D eigenvalue weighted by atomic mass is 15.0. The number of nitrogens with one attached hydrogen (secondary N) is 1. The molecule has 0 aromatic carbocycles. The summed E-state index contributed by atoms with van der Waals surface area (Å²) in [6.45, 7) is 5.45. The molecule has 1 aliphatic rings. The van der Waals surface area contributed by atoms with Crippen LogP contribution in [-0.4, -0.2) is 16.0 Å². The minimum absolute atomic E-state index is 0.496. The van der Waals surface area contributed by atoms with E-state index < -0.39 is 0 Å². The van der Waals surface area contributed by atoms with Crippen molar-refractivity contribution >= 4 is 0 Å². The van der Waals surface area contributed by atoms with Gasteiger partial charge in [-0.25, -0.2) is 9.97 Å². The molecule has 3 heteroatoms. The third kappa shape index (κ3) is 2.04. The van der Waals surface area contributed by atoms with Gasteiger partial charge in [0.2, 0.25) is 0 Å². The van der Waals surface area contributed by atoms with Crippen LogP contribution >= 0.6 is 0 Å². The molecule has 3 nitrogen and oxygen atoms in total. The Hall–Kier alpha value is -0.960. The highest BCUT2D eigenvalue weighted by Crippen LogP contribution is 2.44. The Kier molecular flexibility index (Phi) is 2.04. The highest BCUT2D eigenvalue weighted by molar-refractivity contribution is 5.06. The second-order valence-electron chi connectivity index (χ2n) is 4.37. The lowest BCUT2D eigenvalue weighted by molar-refractivity contribution is 0.541. The van der Waals surface area contributed by atoms with Crippen molar-refractivity contribution in [3.05, 3.63) is 24.3 Å². The van der Waals surface area contributed by atoms with Crippen molar-refractivity contribution in [1.82, 2.24) is 15.3 Å². The maximum absolute atomic E-state index is 3.97. The first kappa shape index (κ1) is 8.63. The molecule has 0 aliphatic heterocycles. The Morgan fingerprint density at radius 2 is 2.08 bits per heavy atom. The third-order valence-corrected chi connectivity index (χ3v) is 2.68. The van der Waals surface area contributed by atoms with E-state index in [2.05, 4.69) is 29.1 Å². The number of hydrogen-bond donors (Lipinski definition) is 1. The third-order valence-electron chi connectivity index (χ3n) is 2.68. The number of aromatic nitrogens is 2. The van der Waals surface area contributed by atoms with E-state index in [9.17, 15) is 0 Å². The Bertz CT molecular complexity index is 281. The van der Waals surface area contributed by atoms with E-state index in [1.54, 1.807) is 6.33 Å². The van der Waals surface area contributed by atoms with E-state index in [-0.39, 0.29) is 0 Å². The quantitative estimate of drug-likeness (QED) is 0.757. The van der Waals surface area contributed by atoms with E-state index >= 15 is 0 Å². The first-order valence-electron chi connectivity index (χ1n) is 4.66. The fourth-order valence-electron chi connectivity index (χ4n) is 1.48. The van der Waals surface area contributed by atoms with Crippen molar-refractivity contribution in [1.29, 1.82) is 0 Å². The smallest absolute Gasteiger partial charge is 0.115 e. The van der Waals surface area contributed by atoms with Crippen LogP contribution in [0.15, 0.2) is 18.7 Å². The molecule has 1 fully saturated rings. The molecule has 0 spiro atoms. The SMILES string of the molecule is CC1(C)CC1NCc1cncnc1. The molecule has 13 heavy (non-hydrogen) atoms. The lowest BCUT2D eigenvalue weighted by atomic mass is 10.2. The summed E-state index contributed by atoms with van der Waals surface area (Å²) in [5.74, 6) is 0. The lowest BCUT2D eigenvalue weighted by Crippen LogP contribution is -2.20. The Balaban J connectivity index is 1.82. The number of nitrogens with zero attached hydrogens (tertiary/aromatic N) is 2. The zero-order chi connectivity index (χ0) is 9.31. The summed E-state index contributed by atoms with van der Waals surface area (Å²) < 4.78 is 0. The van der Waals surface area contributed by atoms with E-state index in [4.69, 9.17) is 0 Å². The largest absolute Gasteiger partial charge is 0.309 e. The molecule has 1 N–H and O–H groups in total. The highest BCUT2D eigenvalue weighted by Gasteiger charge is 2.44. The van der Waals surface area contributed by atoms with Crippen LogP contribution in [0.3, 0.4) is 0 Å². The van der Waals surface area contributed by atoms with Gasteiger partial charge in [-0.05, 0) is 11.8 Å². The predicted molar refractivity (Wildman–Crippen MR) is 51.1 cm³/mol. The van der Waals surface area contributed by atoms with Crippen LogP contribution in [0.5, 0.6) is 0 Å². The van der Waals surface area contributed by atoms with Gasteiger partial charge in [0.15, 0.2) is 0 Å². The Morgan fingerprint density at radius 1 is 1.46 bits per heavy atom. The standard InChI is InChI=1S/C10H15N3/c1-10(2)3-9(10)13-6-8-4-11-7-12-5-8/h4-5,7,9,13H,3,6H2,1-2H3. The minimum atomic E-state index is 0.496. The van der Waals surface area contributed by atoms with Crippen LogP contribution in [0.2, 0.25) is 0 Å². The summed E-state index contributed by atoms with van der Waals surface area (Å²) in [5.41, 5.74) is 1.65. The van der Waals surface area contributed by atoms with Crippen LogP contribution in [0, 0.1) is 5.41 Å². The van der Waals surface area contributed by atoms with Gasteiger partial charge in [-0.2, -0.15) is 0 Å². The fraction of sp³-hybridized carbons (Fsp3) is 0.600. The summed E-state index contributed by atoms with van der Waals surface area (Å²) in [6.07, 6.45) is 6.55. The van der Waals surface area contributed by atoms with Crippen molar-refractivity contribution in [2.24, 2.45) is 5.41 Å². The van der Waals surface area contributed by atoms with E-state index in [0.717, 1.165) is 12.1 Å².